The smallest absolute Gasteiger partial charge is 0.130 e. The number of rotatable bonds is 3. The van der Waals surface area contributed by atoms with Crippen LogP contribution in [0.15, 0.2) is 36.5 Å². The van der Waals surface area contributed by atoms with Gasteiger partial charge in [0.25, 0.3) is 0 Å². The highest BCUT2D eigenvalue weighted by molar-refractivity contribution is 5.73. The summed E-state index contributed by atoms with van der Waals surface area (Å²) in [6.45, 7) is 3.89. The second-order valence-electron chi connectivity index (χ2n) is 6.01. The van der Waals surface area contributed by atoms with E-state index in [4.69, 9.17) is 4.74 Å². The van der Waals surface area contributed by atoms with Crippen LogP contribution in [0.1, 0.15) is 23.6 Å². The van der Waals surface area contributed by atoms with Crippen molar-refractivity contribution in [3.8, 4) is 16.9 Å². The maximum Gasteiger partial charge on any atom is 0.130 e. The molecule has 0 saturated heterocycles. The molecule has 0 unspecified atom stereocenters. The number of pyridine rings is 1. The summed E-state index contributed by atoms with van der Waals surface area (Å²) in [6, 6.07) is 10.7. The molecular formula is C18H22N2O. The molecule has 1 aliphatic rings. The quantitative estimate of drug-likeness (QED) is 0.861. The zero-order chi connectivity index (χ0) is 14.8. The van der Waals surface area contributed by atoms with Crippen molar-refractivity contribution < 1.29 is 4.74 Å². The first-order valence-corrected chi connectivity index (χ1v) is 7.48. The SMILES string of the molecule is Cc1cc(-c2cccc3c2OCC[C@H]3CN(C)C)ccn1. The van der Waals surface area contributed by atoms with Gasteiger partial charge in [-0.15, -0.1) is 0 Å². The van der Waals surface area contributed by atoms with Crippen LogP contribution in [0.4, 0.5) is 0 Å². The van der Waals surface area contributed by atoms with Gasteiger partial charge in [-0.05, 0) is 50.7 Å². The molecule has 0 N–H and O–H groups in total. The molecule has 3 nitrogen and oxygen atoms in total. The van der Waals surface area contributed by atoms with E-state index in [0.717, 1.165) is 31.0 Å². The molecule has 3 heteroatoms. The molecule has 0 fully saturated rings. The molecule has 1 atom stereocenters. The lowest BCUT2D eigenvalue weighted by atomic mass is 9.89. The van der Waals surface area contributed by atoms with E-state index in [1.54, 1.807) is 0 Å². The molecule has 0 amide bonds. The number of hydrogen-bond donors (Lipinski definition) is 0. The zero-order valence-electron chi connectivity index (χ0n) is 13.0. The molecule has 1 aromatic heterocycles. The number of para-hydroxylation sites is 1. The minimum Gasteiger partial charge on any atom is -0.493 e. The molecule has 0 saturated carbocycles. The van der Waals surface area contributed by atoms with Crippen molar-refractivity contribution in [1.29, 1.82) is 0 Å². The largest absolute Gasteiger partial charge is 0.493 e. The van der Waals surface area contributed by atoms with E-state index in [1.807, 2.05) is 13.1 Å². The number of benzene rings is 1. The first-order chi connectivity index (χ1) is 10.1. The van der Waals surface area contributed by atoms with Crippen molar-refractivity contribution in [2.24, 2.45) is 0 Å². The monoisotopic (exact) mass is 282 g/mol. The Hall–Kier alpha value is -1.87. The number of hydrogen-bond acceptors (Lipinski definition) is 3. The fraction of sp³-hybridized carbons (Fsp3) is 0.389. The number of ether oxygens (including phenoxy) is 1. The highest BCUT2D eigenvalue weighted by Gasteiger charge is 2.24. The summed E-state index contributed by atoms with van der Waals surface area (Å²) in [6.07, 6.45) is 2.95. The first-order valence-electron chi connectivity index (χ1n) is 7.48. The predicted octanol–water partition coefficient (Wildman–Crippen LogP) is 3.48. The molecule has 0 aliphatic carbocycles. The molecule has 0 spiro atoms. The topological polar surface area (TPSA) is 25.4 Å². The van der Waals surface area contributed by atoms with Gasteiger partial charge in [-0.2, -0.15) is 0 Å². The average molecular weight is 282 g/mol. The van der Waals surface area contributed by atoms with E-state index in [0.29, 0.717) is 5.92 Å². The minimum absolute atomic E-state index is 0.548. The summed E-state index contributed by atoms with van der Waals surface area (Å²) in [4.78, 5) is 6.54. The Morgan fingerprint density at radius 1 is 1.29 bits per heavy atom. The minimum atomic E-state index is 0.548. The molecule has 1 aromatic carbocycles. The Morgan fingerprint density at radius 2 is 2.14 bits per heavy atom. The lowest BCUT2D eigenvalue weighted by molar-refractivity contribution is 0.245. The van der Waals surface area contributed by atoms with Crippen molar-refractivity contribution in [2.75, 3.05) is 27.2 Å². The Labute approximate surface area is 126 Å². The van der Waals surface area contributed by atoms with E-state index < -0.39 is 0 Å². The van der Waals surface area contributed by atoms with Crippen LogP contribution in [-0.4, -0.2) is 37.1 Å². The molecule has 2 aromatic rings. The van der Waals surface area contributed by atoms with Crippen molar-refractivity contribution in [3.05, 3.63) is 47.8 Å². The van der Waals surface area contributed by atoms with Crippen molar-refractivity contribution in [1.82, 2.24) is 9.88 Å². The van der Waals surface area contributed by atoms with Gasteiger partial charge in [-0.3, -0.25) is 4.98 Å². The van der Waals surface area contributed by atoms with Gasteiger partial charge in [-0.25, -0.2) is 0 Å². The number of aryl methyl sites for hydroxylation is 1. The van der Waals surface area contributed by atoms with Crippen LogP contribution in [0, 0.1) is 6.92 Å². The van der Waals surface area contributed by atoms with Gasteiger partial charge in [0.15, 0.2) is 0 Å². The molecule has 2 heterocycles. The number of likely N-dealkylation sites (N-methyl/N-ethyl adjacent to an activating group) is 1. The van der Waals surface area contributed by atoms with Gasteiger partial charge < -0.3 is 9.64 Å². The normalized spacial score (nSPS) is 17.4. The Morgan fingerprint density at radius 3 is 2.90 bits per heavy atom. The summed E-state index contributed by atoms with van der Waals surface area (Å²) in [7, 11) is 4.26. The van der Waals surface area contributed by atoms with Gasteiger partial charge in [0.1, 0.15) is 5.75 Å². The molecule has 1 aliphatic heterocycles. The lowest BCUT2D eigenvalue weighted by Gasteiger charge is -2.29. The van der Waals surface area contributed by atoms with Gasteiger partial charge in [0.05, 0.1) is 6.61 Å². The van der Waals surface area contributed by atoms with Crippen molar-refractivity contribution in [3.63, 3.8) is 0 Å². The average Bonchev–Trinajstić information content (AvgIpc) is 2.46. The second-order valence-corrected chi connectivity index (χ2v) is 6.01. The maximum atomic E-state index is 6.02. The predicted molar refractivity (Wildman–Crippen MR) is 85.8 cm³/mol. The molecule has 21 heavy (non-hydrogen) atoms. The fourth-order valence-electron chi connectivity index (χ4n) is 3.07. The third-order valence-electron chi connectivity index (χ3n) is 3.99. The van der Waals surface area contributed by atoms with Crippen molar-refractivity contribution >= 4 is 0 Å². The molecule has 3 rings (SSSR count). The summed E-state index contributed by atoms with van der Waals surface area (Å²) < 4.78 is 6.02. The standard InChI is InChI=1S/C18H22N2O/c1-13-11-14(7-9-19-13)16-5-4-6-17-15(12-20(2)3)8-10-21-18(16)17/h4-7,9,11,15H,8,10,12H2,1-3H3/t15-/m0/s1. The van der Waals surface area contributed by atoms with E-state index >= 15 is 0 Å². The van der Waals surface area contributed by atoms with E-state index in [1.165, 1.54) is 16.7 Å². The Balaban J connectivity index is 2.04. The van der Waals surface area contributed by atoms with Gasteiger partial charge >= 0.3 is 0 Å². The highest BCUT2D eigenvalue weighted by Crippen LogP contribution is 2.41. The summed E-state index contributed by atoms with van der Waals surface area (Å²) in [5, 5.41) is 0. The third kappa shape index (κ3) is 2.93. The van der Waals surface area contributed by atoms with Crippen LogP contribution >= 0.6 is 0 Å². The van der Waals surface area contributed by atoms with Crippen molar-refractivity contribution in [2.45, 2.75) is 19.3 Å². The van der Waals surface area contributed by atoms with E-state index in [2.05, 4.69) is 54.3 Å². The fourth-order valence-corrected chi connectivity index (χ4v) is 3.07. The molecule has 110 valence electrons. The Bertz CT molecular complexity index is 637. The summed E-state index contributed by atoms with van der Waals surface area (Å²) >= 11 is 0. The van der Waals surface area contributed by atoms with Crippen LogP contribution < -0.4 is 4.74 Å². The Kier molecular flexibility index (Phi) is 3.93. The van der Waals surface area contributed by atoms with Crippen LogP contribution in [0.25, 0.3) is 11.1 Å². The maximum absolute atomic E-state index is 6.02. The van der Waals surface area contributed by atoms with E-state index in [-0.39, 0.29) is 0 Å². The number of nitrogens with zero attached hydrogens (tertiary/aromatic N) is 2. The first kappa shape index (κ1) is 14.1. The van der Waals surface area contributed by atoms with E-state index in [9.17, 15) is 0 Å². The van der Waals surface area contributed by atoms with Crippen LogP contribution in [-0.2, 0) is 0 Å². The van der Waals surface area contributed by atoms with Crippen LogP contribution in [0.5, 0.6) is 5.75 Å². The molecule has 0 radical (unpaired) electrons. The third-order valence-corrected chi connectivity index (χ3v) is 3.99. The van der Waals surface area contributed by atoms with Crippen LogP contribution in [0.3, 0.4) is 0 Å². The number of aromatic nitrogens is 1. The summed E-state index contributed by atoms with van der Waals surface area (Å²) in [5.41, 5.74) is 4.74. The van der Waals surface area contributed by atoms with Gasteiger partial charge in [0.2, 0.25) is 0 Å². The number of fused-ring (bicyclic) bond motifs is 1. The highest BCUT2D eigenvalue weighted by atomic mass is 16.5. The summed E-state index contributed by atoms with van der Waals surface area (Å²) in [5.74, 6) is 1.60. The zero-order valence-corrected chi connectivity index (χ0v) is 13.0. The lowest BCUT2D eigenvalue weighted by Crippen LogP contribution is -2.25. The van der Waals surface area contributed by atoms with Gasteiger partial charge in [-0.1, -0.05) is 18.2 Å². The molecule has 0 bridgehead atoms. The molecular weight excluding hydrogens is 260 g/mol. The van der Waals surface area contributed by atoms with Crippen LogP contribution in [0.2, 0.25) is 0 Å². The second kappa shape index (κ2) is 5.86. The van der Waals surface area contributed by atoms with Gasteiger partial charge in [0, 0.05) is 29.9 Å².